The molecule has 26 heavy (non-hydrogen) atoms. The summed E-state index contributed by atoms with van der Waals surface area (Å²) >= 11 is 0. The number of hydrogen-bond donors (Lipinski definition) is 1. The highest BCUT2D eigenvalue weighted by molar-refractivity contribution is 5.81. The number of ether oxygens (including phenoxy) is 3. The van der Waals surface area contributed by atoms with Crippen molar-refractivity contribution in [1.82, 2.24) is 0 Å². The molecule has 0 fully saturated rings. The van der Waals surface area contributed by atoms with E-state index in [1.54, 1.807) is 44.2 Å². The molecule has 2 aromatic rings. The fourth-order valence-corrected chi connectivity index (χ4v) is 2.64. The Morgan fingerprint density at radius 1 is 1.04 bits per heavy atom. The number of carboxylic acid groups (broad SMARTS) is 1. The van der Waals surface area contributed by atoms with Gasteiger partial charge in [-0.2, -0.15) is 0 Å². The maximum Gasteiger partial charge on any atom is 0.344 e. The summed E-state index contributed by atoms with van der Waals surface area (Å²) in [4.78, 5) is 12.3. The smallest absolute Gasteiger partial charge is 0.344 e. The van der Waals surface area contributed by atoms with Crippen LogP contribution < -0.4 is 9.47 Å². The molecular formula is C21H26O5. The van der Waals surface area contributed by atoms with Crippen LogP contribution in [0.5, 0.6) is 11.5 Å². The Hall–Kier alpha value is -2.53. The predicted octanol–water partition coefficient (Wildman–Crippen LogP) is 4.26. The van der Waals surface area contributed by atoms with Gasteiger partial charge in [-0.25, -0.2) is 4.79 Å². The zero-order valence-corrected chi connectivity index (χ0v) is 15.5. The number of hydrogen-bond acceptors (Lipinski definition) is 4. The summed E-state index contributed by atoms with van der Waals surface area (Å²) in [5.41, 5.74) is -1.22. The molecule has 0 aromatic heterocycles. The molecule has 0 saturated heterocycles. The summed E-state index contributed by atoms with van der Waals surface area (Å²) < 4.78 is 17.5. The monoisotopic (exact) mass is 358 g/mol. The van der Waals surface area contributed by atoms with E-state index in [0.29, 0.717) is 23.7 Å². The minimum Gasteiger partial charge on any atom is -0.493 e. The Kier molecular flexibility index (Phi) is 7.04. The van der Waals surface area contributed by atoms with Crippen LogP contribution in [0.3, 0.4) is 0 Å². The van der Waals surface area contributed by atoms with E-state index in [1.807, 2.05) is 31.2 Å². The quantitative estimate of drug-likeness (QED) is 0.687. The maximum atomic E-state index is 12.3. The lowest BCUT2D eigenvalue weighted by Gasteiger charge is -2.33. The lowest BCUT2D eigenvalue weighted by molar-refractivity contribution is -0.180. The van der Waals surface area contributed by atoms with Crippen molar-refractivity contribution in [2.24, 2.45) is 0 Å². The van der Waals surface area contributed by atoms with Gasteiger partial charge in [0.2, 0.25) is 5.60 Å². The molecule has 5 nitrogen and oxygen atoms in total. The third kappa shape index (κ3) is 4.76. The van der Waals surface area contributed by atoms with Crippen molar-refractivity contribution in [3.05, 3.63) is 60.2 Å². The minimum atomic E-state index is -1.67. The van der Waals surface area contributed by atoms with Gasteiger partial charge in [0.15, 0.2) is 0 Å². The van der Waals surface area contributed by atoms with E-state index in [2.05, 4.69) is 0 Å². The van der Waals surface area contributed by atoms with Crippen LogP contribution in [0.25, 0.3) is 0 Å². The second-order valence-electron chi connectivity index (χ2n) is 6.25. The fraction of sp³-hybridized carbons (Fsp3) is 0.381. The van der Waals surface area contributed by atoms with Crippen LogP contribution in [0.1, 0.15) is 32.8 Å². The number of para-hydroxylation sites is 2. The van der Waals surface area contributed by atoms with Gasteiger partial charge in [0, 0.05) is 5.56 Å². The van der Waals surface area contributed by atoms with Crippen molar-refractivity contribution in [3.63, 3.8) is 0 Å². The Bertz CT molecular complexity index is 699. The van der Waals surface area contributed by atoms with Crippen LogP contribution in [-0.2, 0) is 15.1 Å². The van der Waals surface area contributed by atoms with Crippen molar-refractivity contribution in [3.8, 4) is 11.5 Å². The van der Waals surface area contributed by atoms with E-state index < -0.39 is 11.6 Å². The topological polar surface area (TPSA) is 65.0 Å². The third-order valence-electron chi connectivity index (χ3n) is 3.75. The molecule has 2 rings (SSSR count). The molecule has 0 saturated carbocycles. The highest BCUT2D eigenvalue weighted by atomic mass is 16.6. The molecule has 5 heteroatoms. The van der Waals surface area contributed by atoms with Gasteiger partial charge in [0.25, 0.3) is 0 Å². The summed E-state index contributed by atoms with van der Waals surface area (Å²) in [7, 11) is 0. The van der Waals surface area contributed by atoms with Crippen molar-refractivity contribution in [2.75, 3.05) is 13.2 Å². The molecule has 1 atom stereocenters. The molecule has 0 aliphatic carbocycles. The fourth-order valence-electron chi connectivity index (χ4n) is 2.64. The third-order valence-corrected chi connectivity index (χ3v) is 3.75. The molecule has 0 bridgehead atoms. The average molecular weight is 358 g/mol. The van der Waals surface area contributed by atoms with Crippen molar-refractivity contribution >= 4 is 5.97 Å². The van der Waals surface area contributed by atoms with Crippen molar-refractivity contribution in [1.29, 1.82) is 0 Å². The Morgan fingerprint density at radius 3 is 2.31 bits per heavy atom. The molecule has 1 N–H and O–H groups in total. The van der Waals surface area contributed by atoms with E-state index in [-0.39, 0.29) is 12.7 Å². The van der Waals surface area contributed by atoms with Gasteiger partial charge >= 0.3 is 5.97 Å². The van der Waals surface area contributed by atoms with E-state index in [1.165, 1.54) is 0 Å². The maximum absolute atomic E-state index is 12.3. The first-order valence-electron chi connectivity index (χ1n) is 8.81. The van der Waals surface area contributed by atoms with Crippen molar-refractivity contribution < 1.29 is 24.1 Å². The Labute approximate surface area is 154 Å². The number of rotatable bonds is 10. The summed E-state index contributed by atoms with van der Waals surface area (Å²) in [5, 5.41) is 10.1. The van der Waals surface area contributed by atoms with Crippen LogP contribution in [-0.4, -0.2) is 30.4 Å². The molecule has 1 unspecified atom stereocenters. The summed E-state index contributed by atoms with van der Waals surface area (Å²) in [6, 6.07) is 16.2. The van der Waals surface area contributed by atoms with Gasteiger partial charge < -0.3 is 19.3 Å². The largest absolute Gasteiger partial charge is 0.493 e. The first kappa shape index (κ1) is 19.8. The van der Waals surface area contributed by atoms with Gasteiger partial charge in [-0.15, -0.1) is 0 Å². The van der Waals surface area contributed by atoms with Gasteiger partial charge in [-0.3, -0.25) is 0 Å². The molecule has 0 radical (unpaired) electrons. The van der Waals surface area contributed by atoms with Gasteiger partial charge in [-0.05, 0) is 38.5 Å². The van der Waals surface area contributed by atoms with Crippen LogP contribution in [0.15, 0.2) is 54.6 Å². The molecule has 0 aliphatic heterocycles. The van der Waals surface area contributed by atoms with E-state index in [9.17, 15) is 9.90 Å². The molecule has 0 heterocycles. The molecule has 0 amide bonds. The number of carboxylic acids is 1. The first-order valence-corrected chi connectivity index (χ1v) is 8.81. The second kappa shape index (κ2) is 9.25. The van der Waals surface area contributed by atoms with Crippen LogP contribution >= 0.6 is 0 Å². The molecule has 0 aliphatic rings. The van der Waals surface area contributed by atoms with E-state index >= 15 is 0 Å². The van der Waals surface area contributed by atoms with Gasteiger partial charge in [0.1, 0.15) is 18.1 Å². The SMILES string of the molecule is CCCOc1ccccc1C(COc1ccccc1)(OC(C)C)C(=O)O. The zero-order chi connectivity index (χ0) is 19.0. The number of carbonyl (C=O) groups is 1. The highest BCUT2D eigenvalue weighted by Gasteiger charge is 2.46. The lowest BCUT2D eigenvalue weighted by atomic mass is 9.93. The normalized spacial score (nSPS) is 13.2. The van der Waals surface area contributed by atoms with Gasteiger partial charge in [0.05, 0.1) is 12.7 Å². The van der Waals surface area contributed by atoms with Crippen LogP contribution in [0.4, 0.5) is 0 Å². The zero-order valence-electron chi connectivity index (χ0n) is 15.5. The van der Waals surface area contributed by atoms with Crippen LogP contribution in [0, 0.1) is 0 Å². The predicted molar refractivity (Wildman–Crippen MR) is 99.7 cm³/mol. The standard InChI is InChI=1S/C21H26O5/c1-4-14-24-19-13-9-8-12-18(19)21(20(22)23,26-16(2)3)15-25-17-10-6-5-7-11-17/h5-13,16H,4,14-15H2,1-3H3,(H,22,23). The molecular weight excluding hydrogens is 332 g/mol. The lowest BCUT2D eigenvalue weighted by Crippen LogP contribution is -2.46. The van der Waals surface area contributed by atoms with E-state index in [4.69, 9.17) is 14.2 Å². The minimum absolute atomic E-state index is 0.170. The average Bonchev–Trinajstić information content (AvgIpc) is 2.64. The second-order valence-corrected chi connectivity index (χ2v) is 6.25. The molecule has 140 valence electrons. The summed E-state index contributed by atoms with van der Waals surface area (Å²) in [6.45, 7) is 5.92. The molecule has 2 aromatic carbocycles. The highest BCUT2D eigenvalue weighted by Crippen LogP contribution is 2.35. The Morgan fingerprint density at radius 2 is 1.69 bits per heavy atom. The number of aliphatic carboxylic acids is 1. The van der Waals surface area contributed by atoms with Crippen molar-refractivity contribution in [2.45, 2.75) is 38.9 Å². The summed E-state index contributed by atoms with van der Waals surface area (Å²) in [6.07, 6.45) is 0.504. The Balaban J connectivity index is 2.44. The summed E-state index contributed by atoms with van der Waals surface area (Å²) in [5.74, 6) is -0.0406. The van der Waals surface area contributed by atoms with E-state index in [0.717, 1.165) is 6.42 Å². The first-order chi connectivity index (χ1) is 12.5. The van der Waals surface area contributed by atoms with Gasteiger partial charge in [-0.1, -0.05) is 43.3 Å². The molecule has 0 spiro atoms. The van der Waals surface area contributed by atoms with Crippen LogP contribution in [0.2, 0.25) is 0 Å². The number of benzene rings is 2.